The number of hydrogen-bond acceptors (Lipinski definition) is 3. The first-order valence-electron chi connectivity index (χ1n) is 5.63. The molecule has 0 atom stereocenters. The smallest absolute Gasteiger partial charge is 0.285 e. The molecule has 0 radical (unpaired) electrons. The number of nitrogens with zero attached hydrogens (tertiary/aromatic N) is 2. The van der Waals surface area contributed by atoms with E-state index >= 15 is 0 Å². The van der Waals surface area contributed by atoms with Crippen molar-refractivity contribution in [2.75, 3.05) is 0 Å². The molecule has 0 bridgehead atoms. The van der Waals surface area contributed by atoms with Crippen LogP contribution in [0, 0.1) is 10.1 Å². The molecule has 1 aromatic heterocycles. The molecule has 0 saturated heterocycles. The van der Waals surface area contributed by atoms with Gasteiger partial charge >= 0.3 is 0 Å². The van der Waals surface area contributed by atoms with Crippen molar-refractivity contribution in [3.8, 4) is 0 Å². The minimum absolute atomic E-state index is 0.161. The molecule has 1 heterocycles. The lowest BCUT2D eigenvalue weighted by atomic mass is 9.92. The lowest BCUT2D eigenvalue weighted by Crippen LogP contribution is -2.31. The van der Waals surface area contributed by atoms with Gasteiger partial charge in [0.05, 0.1) is 11.1 Å². The maximum atomic E-state index is 13.0. The second kappa shape index (κ2) is 4.47. The predicted octanol–water partition coefficient (Wildman–Crippen LogP) is 2.51. The highest BCUT2D eigenvalue weighted by atomic mass is 19.3. The molecule has 98 valence electrons. The largest absolute Gasteiger partial charge is 0.306 e. The normalized spacial score (nSPS) is 19.7. The zero-order chi connectivity index (χ0) is 13.3. The standard InChI is InChI=1S/C11H12F2N2O3/c12-11(13)5-3-8(4-6-11)14-7-9(15(17)18)1-2-10(14)16/h1-2,7-8H,3-6H2. The van der Waals surface area contributed by atoms with Gasteiger partial charge in [-0.25, -0.2) is 8.78 Å². The summed E-state index contributed by atoms with van der Waals surface area (Å²) in [4.78, 5) is 21.6. The van der Waals surface area contributed by atoms with E-state index in [0.29, 0.717) is 0 Å². The highest BCUT2D eigenvalue weighted by molar-refractivity contribution is 5.25. The third kappa shape index (κ3) is 2.55. The second-order valence-corrected chi connectivity index (χ2v) is 4.48. The first kappa shape index (κ1) is 12.7. The Morgan fingerprint density at radius 1 is 1.33 bits per heavy atom. The number of aromatic nitrogens is 1. The van der Waals surface area contributed by atoms with E-state index in [9.17, 15) is 23.7 Å². The Kier molecular flexibility index (Phi) is 3.14. The maximum Gasteiger partial charge on any atom is 0.285 e. The van der Waals surface area contributed by atoms with Gasteiger partial charge in [0.1, 0.15) is 0 Å². The molecule has 0 amide bonds. The highest BCUT2D eigenvalue weighted by Gasteiger charge is 2.35. The molecule has 0 aliphatic heterocycles. The Morgan fingerprint density at radius 3 is 2.50 bits per heavy atom. The van der Waals surface area contributed by atoms with Gasteiger partial charge in [-0.1, -0.05) is 0 Å². The van der Waals surface area contributed by atoms with E-state index in [2.05, 4.69) is 0 Å². The van der Waals surface area contributed by atoms with Gasteiger partial charge in [-0.15, -0.1) is 0 Å². The number of pyridine rings is 1. The van der Waals surface area contributed by atoms with E-state index in [-0.39, 0.29) is 37.4 Å². The van der Waals surface area contributed by atoms with Crippen LogP contribution in [0.3, 0.4) is 0 Å². The van der Waals surface area contributed by atoms with Gasteiger partial charge in [0.2, 0.25) is 5.92 Å². The van der Waals surface area contributed by atoms with Gasteiger partial charge in [0.15, 0.2) is 0 Å². The SMILES string of the molecule is O=c1ccc([N+](=O)[O-])cn1C1CCC(F)(F)CC1. The molecule has 0 unspecified atom stereocenters. The van der Waals surface area contributed by atoms with Crippen molar-refractivity contribution in [1.29, 1.82) is 0 Å². The van der Waals surface area contributed by atoms with Gasteiger partial charge in [0, 0.05) is 31.0 Å². The summed E-state index contributed by atoms with van der Waals surface area (Å²) in [5, 5.41) is 10.6. The Morgan fingerprint density at radius 2 is 1.94 bits per heavy atom. The van der Waals surface area contributed by atoms with Crippen molar-refractivity contribution >= 4 is 5.69 Å². The summed E-state index contributed by atoms with van der Waals surface area (Å²) < 4.78 is 27.2. The molecule has 2 rings (SSSR count). The van der Waals surface area contributed by atoms with E-state index in [1.54, 1.807) is 0 Å². The average molecular weight is 258 g/mol. The van der Waals surface area contributed by atoms with Gasteiger partial charge in [-0.2, -0.15) is 0 Å². The fourth-order valence-electron chi connectivity index (χ4n) is 2.19. The van der Waals surface area contributed by atoms with E-state index in [0.717, 1.165) is 18.3 Å². The number of alkyl halides is 2. The van der Waals surface area contributed by atoms with Crippen LogP contribution in [0.25, 0.3) is 0 Å². The first-order valence-corrected chi connectivity index (χ1v) is 5.63. The molecular weight excluding hydrogens is 246 g/mol. The van der Waals surface area contributed by atoms with Crippen LogP contribution in [0.2, 0.25) is 0 Å². The number of nitro groups is 1. The van der Waals surface area contributed by atoms with Crippen LogP contribution < -0.4 is 5.56 Å². The lowest BCUT2D eigenvalue weighted by Gasteiger charge is -2.29. The molecule has 18 heavy (non-hydrogen) atoms. The Labute approximate surface area is 101 Å². The summed E-state index contributed by atoms with van der Waals surface area (Å²) in [5.74, 6) is -2.68. The predicted molar refractivity (Wildman–Crippen MR) is 59.8 cm³/mol. The molecule has 0 spiro atoms. The van der Waals surface area contributed by atoms with Gasteiger partial charge in [-0.3, -0.25) is 14.9 Å². The molecule has 1 aromatic rings. The highest BCUT2D eigenvalue weighted by Crippen LogP contribution is 2.38. The Hall–Kier alpha value is -1.79. The van der Waals surface area contributed by atoms with Gasteiger partial charge < -0.3 is 4.57 Å². The minimum atomic E-state index is -2.68. The monoisotopic (exact) mass is 258 g/mol. The Balaban J connectivity index is 2.26. The van der Waals surface area contributed by atoms with Crippen molar-refractivity contribution in [2.24, 2.45) is 0 Å². The fourth-order valence-corrected chi connectivity index (χ4v) is 2.19. The van der Waals surface area contributed by atoms with Crippen LogP contribution in [0.4, 0.5) is 14.5 Å². The van der Waals surface area contributed by atoms with Gasteiger partial charge in [-0.05, 0) is 12.8 Å². The summed E-state index contributed by atoms with van der Waals surface area (Å²) in [5.41, 5.74) is -0.595. The fraction of sp³-hybridized carbons (Fsp3) is 0.545. The van der Waals surface area contributed by atoms with Gasteiger partial charge in [0.25, 0.3) is 11.2 Å². The van der Waals surface area contributed by atoms with Crippen LogP contribution in [0.5, 0.6) is 0 Å². The molecule has 0 aromatic carbocycles. The average Bonchev–Trinajstić information content (AvgIpc) is 2.30. The van der Waals surface area contributed by atoms with E-state index in [1.807, 2.05) is 0 Å². The second-order valence-electron chi connectivity index (χ2n) is 4.48. The van der Waals surface area contributed by atoms with E-state index in [1.165, 1.54) is 4.57 Å². The topological polar surface area (TPSA) is 65.1 Å². The third-order valence-electron chi connectivity index (χ3n) is 3.21. The van der Waals surface area contributed by atoms with Crippen molar-refractivity contribution in [3.05, 3.63) is 38.8 Å². The molecule has 1 aliphatic rings. The zero-order valence-corrected chi connectivity index (χ0v) is 9.51. The number of rotatable bonds is 2. The molecule has 1 aliphatic carbocycles. The molecule has 5 nitrogen and oxygen atoms in total. The van der Waals surface area contributed by atoms with Crippen molar-refractivity contribution in [2.45, 2.75) is 37.6 Å². The molecule has 7 heteroatoms. The summed E-state index contributed by atoms with van der Waals surface area (Å²) in [7, 11) is 0. The van der Waals surface area contributed by atoms with Crippen LogP contribution >= 0.6 is 0 Å². The number of halogens is 2. The molecular formula is C11H12F2N2O3. The first-order chi connectivity index (χ1) is 8.39. The summed E-state index contributed by atoms with van der Waals surface area (Å²) in [6, 6.07) is 1.85. The summed E-state index contributed by atoms with van der Waals surface area (Å²) >= 11 is 0. The van der Waals surface area contributed by atoms with Crippen molar-refractivity contribution in [1.82, 2.24) is 4.57 Å². The van der Waals surface area contributed by atoms with Crippen molar-refractivity contribution < 1.29 is 13.7 Å². The van der Waals surface area contributed by atoms with Crippen LogP contribution in [-0.2, 0) is 0 Å². The quantitative estimate of drug-likeness (QED) is 0.604. The summed E-state index contributed by atoms with van der Waals surface area (Å²) in [6.45, 7) is 0. The minimum Gasteiger partial charge on any atom is -0.306 e. The Bertz CT molecular complexity index is 517. The van der Waals surface area contributed by atoms with Crippen LogP contribution in [-0.4, -0.2) is 15.4 Å². The lowest BCUT2D eigenvalue weighted by molar-refractivity contribution is -0.385. The van der Waals surface area contributed by atoms with Crippen molar-refractivity contribution in [3.63, 3.8) is 0 Å². The number of hydrogen-bond donors (Lipinski definition) is 0. The van der Waals surface area contributed by atoms with E-state index < -0.39 is 16.4 Å². The zero-order valence-electron chi connectivity index (χ0n) is 9.51. The molecule has 1 saturated carbocycles. The van der Waals surface area contributed by atoms with Crippen LogP contribution in [0.15, 0.2) is 23.1 Å². The van der Waals surface area contributed by atoms with E-state index in [4.69, 9.17) is 0 Å². The summed E-state index contributed by atoms with van der Waals surface area (Å²) in [6.07, 6.45) is 0.887. The molecule has 1 fully saturated rings. The third-order valence-corrected chi connectivity index (χ3v) is 3.21. The van der Waals surface area contributed by atoms with Crippen LogP contribution in [0.1, 0.15) is 31.7 Å². The molecule has 0 N–H and O–H groups in total. The maximum absolute atomic E-state index is 13.0.